The van der Waals surface area contributed by atoms with Crippen LogP contribution in [-0.2, 0) is 11.2 Å². The highest BCUT2D eigenvalue weighted by Crippen LogP contribution is 2.16. The number of fused-ring (bicyclic) bond motifs is 1. The van der Waals surface area contributed by atoms with Crippen LogP contribution >= 0.6 is 0 Å². The summed E-state index contributed by atoms with van der Waals surface area (Å²) in [6.07, 6.45) is 5.06. The molecule has 1 fully saturated rings. The zero-order valence-electron chi connectivity index (χ0n) is 15.0. The van der Waals surface area contributed by atoms with Gasteiger partial charge in [-0.2, -0.15) is 0 Å². The molecule has 0 unspecified atom stereocenters. The zero-order valence-corrected chi connectivity index (χ0v) is 15.0. The number of piperazine rings is 1. The minimum Gasteiger partial charge on any atom is -0.353 e. The Morgan fingerprint density at radius 3 is 2.65 bits per heavy atom. The summed E-state index contributed by atoms with van der Waals surface area (Å²) >= 11 is 0. The first-order valence-electron chi connectivity index (χ1n) is 9.09. The fraction of sp³-hybridized carbons (Fsp3) is 0.350. The number of hydrogen-bond acceptors (Lipinski definition) is 4. The van der Waals surface area contributed by atoms with Gasteiger partial charge in [0.25, 0.3) is 0 Å². The first-order chi connectivity index (χ1) is 12.7. The van der Waals surface area contributed by atoms with Crippen LogP contribution in [0.3, 0.4) is 0 Å². The second-order valence-electron chi connectivity index (χ2n) is 6.63. The van der Waals surface area contributed by atoms with E-state index < -0.39 is 0 Å². The molecule has 3 aromatic heterocycles. The summed E-state index contributed by atoms with van der Waals surface area (Å²) in [5, 5.41) is 0. The van der Waals surface area contributed by atoms with Crippen LogP contribution in [-0.4, -0.2) is 51.4 Å². The van der Waals surface area contributed by atoms with Crippen LogP contribution in [0.25, 0.3) is 5.65 Å². The Morgan fingerprint density at radius 1 is 1.08 bits per heavy atom. The lowest BCUT2D eigenvalue weighted by Gasteiger charge is -2.35. The summed E-state index contributed by atoms with van der Waals surface area (Å²) in [6, 6.07) is 11.9. The van der Waals surface area contributed by atoms with E-state index in [4.69, 9.17) is 0 Å². The molecule has 0 atom stereocenters. The van der Waals surface area contributed by atoms with E-state index >= 15 is 0 Å². The van der Waals surface area contributed by atoms with Crippen LogP contribution in [0.15, 0.2) is 48.8 Å². The summed E-state index contributed by atoms with van der Waals surface area (Å²) < 4.78 is 2.08. The van der Waals surface area contributed by atoms with Crippen LogP contribution in [0.4, 0.5) is 5.82 Å². The van der Waals surface area contributed by atoms with Crippen molar-refractivity contribution >= 4 is 17.4 Å². The number of carbonyl (C=O) groups excluding carboxylic acids is 1. The molecule has 1 saturated heterocycles. The average molecular weight is 349 g/mol. The van der Waals surface area contributed by atoms with Gasteiger partial charge in [-0.3, -0.25) is 4.79 Å². The quantitative estimate of drug-likeness (QED) is 0.725. The lowest BCUT2D eigenvalue weighted by Crippen LogP contribution is -2.49. The molecule has 0 aromatic carbocycles. The van der Waals surface area contributed by atoms with Crippen LogP contribution < -0.4 is 4.90 Å². The fourth-order valence-corrected chi connectivity index (χ4v) is 3.57. The molecule has 0 bridgehead atoms. The minimum atomic E-state index is 0.218. The second-order valence-corrected chi connectivity index (χ2v) is 6.63. The van der Waals surface area contributed by atoms with Crippen molar-refractivity contribution in [3.8, 4) is 0 Å². The third-order valence-corrected chi connectivity index (χ3v) is 5.01. The van der Waals surface area contributed by atoms with Gasteiger partial charge < -0.3 is 14.2 Å². The first-order valence-corrected chi connectivity index (χ1v) is 9.09. The molecule has 6 heteroatoms. The molecule has 3 aromatic rings. The Hall–Kier alpha value is -2.89. The Bertz CT molecular complexity index is 897. The normalized spacial score (nSPS) is 14.8. The third kappa shape index (κ3) is 3.27. The number of rotatable bonds is 4. The summed E-state index contributed by atoms with van der Waals surface area (Å²) in [7, 11) is 0. The lowest BCUT2D eigenvalue weighted by atomic mass is 10.1. The fourth-order valence-electron chi connectivity index (χ4n) is 3.57. The van der Waals surface area contributed by atoms with Gasteiger partial charge in [-0.05, 0) is 37.6 Å². The van der Waals surface area contributed by atoms with Crippen LogP contribution in [0, 0.1) is 6.92 Å². The van der Waals surface area contributed by atoms with E-state index in [1.54, 1.807) is 0 Å². The average Bonchev–Trinajstić information content (AvgIpc) is 3.02. The van der Waals surface area contributed by atoms with Gasteiger partial charge in [0.1, 0.15) is 11.5 Å². The molecule has 6 nitrogen and oxygen atoms in total. The van der Waals surface area contributed by atoms with Gasteiger partial charge in [0.05, 0.1) is 5.69 Å². The third-order valence-electron chi connectivity index (χ3n) is 5.01. The number of pyridine rings is 2. The molecule has 0 spiro atoms. The Kier molecular flexibility index (Phi) is 4.56. The van der Waals surface area contributed by atoms with E-state index in [9.17, 15) is 4.79 Å². The number of hydrogen-bond donors (Lipinski definition) is 0. The topological polar surface area (TPSA) is 53.7 Å². The molecule has 4 rings (SSSR count). The highest BCUT2D eigenvalue weighted by molar-refractivity contribution is 5.76. The van der Waals surface area contributed by atoms with Gasteiger partial charge in [-0.15, -0.1) is 0 Å². The predicted octanol–water partition coefficient (Wildman–Crippen LogP) is 2.32. The molecular formula is C20H23N5O. The number of imidazole rings is 1. The van der Waals surface area contributed by atoms with E-state index in [2.05, 4.69) is 19.3 Å². The number of aryl methyl sites for hydroxylation is 2. The standard InChI is InChI=1S/C20H23N5O/c1-16-17(25-11-5-3-7-19(25)22-16)8-9-20(26)24-14-12-23(13-15-24)18-6-2-4-10-21-18/h2-7,10-11H,8-9,12-15H2,1H3. The molecule has 134 valence electrons. The van der Waals surface area contributed by atoms with Crippen molar-refractivity contribution in [2.45, 2.75) is 19.8 Å². The van der Waals surface area contributed by atoms with Gasteiger partial charge in [0, 0.05) is 50.7 Å². The van der Waals surface area contributed by atoms with Crippen molar-refractivity contribution in [1.29, 1.82) is 0 Å². The minimum absolute atomic E-state index is 0.218. The second kappa shape index (κ2) is 7.15. The van der Waals surface area contributed by atoms with Gasteiger partial charge in [0.15, 0.2) is 0 Å². The van der Waals surface area contributed by atoms with E-state index in [-0.39, 0.29) is 5.91 Å². The molecule has 0 saturated carbocycles. The van der Waals surface area contributed by atoms with Gasteiger partial charge in [-0.1, -0.05) is 12.1 Å². The summed E-state index contributed by atoms with van der Waals surface area (Å²) in [4.78, 5) is 25.8. The van der Waals surface area contributed by atoms with E-state index in [0.29, 0.717) is 6.42 Å². The number of amides is 1. The maximum atomic E-state index is 12.6. The number of aromatic nitrogens is 3. The number of carbonyl (C=O) groups is 1. The van der Waals surface area contributed by atoms with Crippen molar-refractivity contribution in [2.75, 3.05) is 31.1 Å². The Balaban J connectivity index is 1.35. The smallest absolute Gasteiger partial charge is 0.223 e. The van der Waals surface area contributed by atoms with Crippen molar-refractivity contribution in [3.05, 3.63) is 60.2 Å². The van der Waals surface area contributed by atoms with Crippen molar-refractivity contribution < 1.29 is 4.79 Å². The Labute approximate surface area is 153 Å². The zero-order chi connectivity index (χ0) is 17.9. The van der Waals surface area contributed by atoms with Crippen LogP contribution in [0.1, 0.15) is 17.8 Å². The SMILES string of the molecule is Cc1nc2ccccn2c1CCC(=O)N1CCN(c2ccccn2)CC1. The number of nitrogens with zero attached hydrogens (tertiary/aromatic N) is 5. The summed E-state index contributed by atoms with van der Waals surface area (Å²) in [5.74, 6) is 1.21. The van der Waals surface area contributed by atoms with E-state index in [0.717, 1.165) is 55.5 Å². The lowest BCUT2D eigenvalue weighted by molar-refractivity contribution is -0.131. The Morgan fingerprint density at radius 2 is 1.88 bits per heavy atom. The maximum absolute atomic E-state index is 12.6. The summed E-state index contributed by atoms with van der Waals surface area (Å²) in [6.45, 7) is 5.18. The highest BCUT2D eigenvalue weighted by Gasteiger charge is 2.22. The monoisotopic (exact) mass is 349 g/mol. The molecule has 0 N–H and O–H groups in total. The molecule has 26 heavy (non-hydrogen) atoms. The predicted molar refractivity (Wildman–Crippen MR) is 101 cm³/mol. The van der Waals surface area contributed by atoms with Crippen molar-refractivity contribution in [1.82, 2.24) is 19.3 Å². The van der Waals surface area contributed by atoms with E-state index in [1.807, 2.05) is 60.6 Å². The van der Waals surface area contributed by atoms with Crippen molar-refractivity contribution in [2.24, 2.45) is 0 Å². The molecule has 4 heterocycles. The van der Waals surface area contributed by atoms with Crippen LogP contribution in [0.2, 0.25) is 0 Å². The van der Waals surface area contributed by atoms with E-state index in [1.165, 1.54) is 0 Å². The van der Waals surface area contributed by atoms with Gasteiger partial charge >= 0.3 is 0 Å². The van der Waals surface area contributed by atoms with Gasteiger partial charge in [-0.25, -0.2) is 9.97 Å². The molecule has 1 aliphatic rings. The first kappa shape index (κ1) is 16.6. The van der Waals surface area contributed by atoms with Crippen molar-refractivity contribution in [3.63, 3.8) is 0 Å². The molecule has 0 radical (unpaired) electrons. The van der Waals surface area contributed by atoms with Gasteiger partial charge in [0.2, 0.25) is 5.91 Å². The molecular weight excluding hydrogens is 326 g/mol. The molecule has 1 aliphatic heterocycles. The highest BCUT2D eigenvalue weighted by atomic mass is 16.2. The molecule has 1 amide bonds. The molecule has 0 aliphatic carbocycles. The number of anilines is 1. The largest absolute Gasteiger partial charge is 0.353 e. The van der Waals surface area contributed by atoms with Crippen LogP contribution in [0.5, 0.6) is 0 Å². The maximum Gasteiger partial charge on any atom is 0.223 e. The summed E-state index contributed by atoms with van der Waals surface area (Å²) in [5.41, 5.74) is 3.07.